The van der Waals surface area contributed by atoms with E-state index in [0.29, 0.717) is 22.8 Å². The van der Waals surface area contributed by atoms with Gasteiger partial charge in [0.2, 0.25) is 0 Å². The smallest absolute Gasteiger partial charge is 0.274 e. The van der Waals surface area contributed by atoms with Gasteiger partial charge in [-0.3, -0.25) is 14.5 Å². The first kappa shape index (κ1) is 18.4. The molecule has 1 aromatic carbocycles. The number of benzene rings is 1. The molecule has 0 aliphatic heterocycles. The monoisotopic (exact) mass is 384 g/mol. The van der Waals surface area contributed by atoms with Crippen LogP contribution in [0.15, 0.2) is 73.1 Å². The Bertz CT molecular complexity index is 1150. The second kappa shape index (κ2) is 7.93. The molecule has 0 unspecified atom stereocenters. The Balaban J connectivity index is 1.62. The summed E-state index contributed by atoms with van der Waals surface area (Å²) in [6.45, 7) is 0. The Labute approximate surface area is 168 Å². The van der Waals surface area contributed by atoms with Gasteiger partial charge in [0, 0.05) is 37.7 Å². The van der Waals surface area contributed by atoms with Crippen LogP contribution in [0.2, 0.25) is 0 Å². The fraction of sp³-hybridized carbons (Fsp3) is 0.0909. The van der Waals surface area contributed by atoms with Gasteiger partial charge in [-0.15, -0.1) is 0 Å². The van der Waals surface area contributed by atoms with Crippen LogP contribution in [0.5, 0.6) is 0 Å². The van der Waals surface area contributed by atoms with E-state index in [1.165, 1.54) is 0 Å². The van der Waals surface area contributed by atoms with Gasteiger partial charge in [-0.25, -0.2) is 4.98 Å². The molecule has 1 amide bonds. The standard InChI is InChI=1S/C22H20N6O/c1-23-16-8-5-7-15(13-16)17-10-6-11-19(25-17)22(29)26-20-14-28(2)27-21(20)18-9-3-4-12-24-18/h3-14,23H,1-2H3,(H,26,29). The number of carbonyl (C=O) groups is 1. The van der Waals surface area contributed by atoms with Crippen LogP contribution in [0.3, 0.4) is 0 Å². The van der Waals surface area contributed by atoms with Crippen LogP contribution in [0.1, 0.15) is 10.5 Å². The predicted octanol–water partition coefficient (Wildman–Crippen LogP) is 3.84. The Morgan fingerprint density at radius 1 is 1.00 bits per heavy atom. The third kappa shape index (κ3) is 3.98. The lowest BCUT2D eigenvalue weighted by molar-refractivity contribution is 0.102. The summed E-state index contributed by atoms with van der Waals surface area (Å²) in [6.07, 6.45) is 3.45. The number of carbonyl (C=O) groups excluding carboxylic acids is 1. The molecule has 4 aromatic rings. The summed E-state index contributed by atoms with van der Waals surface area (Å²) in [5.74, 6) is -0.304. The molecule has 0 bridgehead atoms. The third-order valence-corrected chi connectivity index (χ3v) is 4.41. The lowest BCUT2D eigenvalue weighted by Crippen LogP contribution is -2.14. The molecule has 3 aromatic heterocycles. The van der Waals surface area contributed by atoms with E-state index < -0.39 is 0 Å². The highest BCUT2D eigenvalue weighted by Gasteiger charge is 2.16. The second-order valence-electron chi connectivity index (χ2n) is 6.47. The first-order valence-corrected chi connectivity index (χ1v) is 9.15. The minimum absolute atomic E-state index is 0.304. The average molecular weight is 384 g/mol. The topological polar surface area (TPSA) is 84.7 Å². The number of anilines is 2. The molecular formula is C22H20N6O. The number of aromatic nitrogens is 4. The molecule has 7 nitrogen and oxygen atoms in total. The molecule has 0 fully saturated rings. The van der Waals surface area contributed by atoms with Gasteiger partial charge >= 0.3 is 0 Å². The maximum Gasteiger partial charge on any atom is 0.274 e. The molecule has 144 valence electrons. The van der Waals surface area contributed by atoms with Gasteiger partial charge in [-0.2, -0.15) is 5.10 Å². The lowest BCUT2D eigenvalue weighted by atomic mass is 10.1. The molecule has 0 aliphatic carbocycles. The van der Waals surface area contributed by atoms with Crippen molar-refractivity contribution in [2.24, 2.45) is 7.05 Å². The summed E-state index contributed by atoms with van der Waals surface area (Å²) >= 11 is 0. The van der Waals surface area contributed by atoms with Gasteiger partial charge in [-0.1, -0.05) is 24.3 Å². The zero-order chi connectivity index (χ0) is 20.2. The van der Waals surface area contributed by atoms with Crippen LogP contribution < -0.4 is 10.6 Å². The maximum atomic E-state index is 12.9. The van der Waals surface area contributed by atoms with Crippen molar-refractivity contribution >= 4 is 17.3 Å². The lowest BCUT2D eigenvalue weighted by Gasteiger charge is -2.08. The Hall–Kier alpha value is -4.00. The van der Waals surface area contributed by atoms with Crippen molar-refractivity contribution in [3.05, 3.63) is 78.8 Å². The molecule has 4 rings (SSSR count). The van der Waals surface area contributed by atoms with Gasteiger partial charge in [0.05, 0.1) is 17.1 Å². The van der Waals surface area contributed by atoms with Crippen LogP contribution in [0.25, 0.3) is 22.6 Å². The SMILES string of the molecule is CNc1cccc(-c2cccc(C(=O)Nc3cn(C)nc3-c3ccccn3)n2)c1. The number of hydrogen-bond donors (Lipinski definition) is 2. The highest BCUT2D eigenvalue weighted by Crippen LogP contribution is 2.25. The molecule has 7 heteroatoms. The first-order valence-electron chi connectivity index (χ1n) is 9.15. The summed E-state index contributed by atoms with van der Waals surface area (Å²) in [5, 5.41) is 10.4. The number of amides is 1. The third-order valence-electron chi connectivity index (χ3n) is 4.41. The quantitative estimate of drug-likeness (QED) is 0.546. The van der Waals surface area contributed by atoms with E-state index in [1.807, 2.05) is 61.6 Å². The van der Waals surface area contributed by atoms with Crippen molar-refractivity contribution in [3.63, 3.8) is 0 Å². The second-order valence-corrected chi connectivity index (χ2v) is 6.47. The van der Waals surface area contributed by atoms with Crippen LogP contribution in [-0.4, -0.2) is 32.7 Å². The average Bonchev–Trinajstić information content (AvgIpc) is 3.14. The molecular weight excluding hydrogens is 364 g/mol. The molecule has 0 aliphatic rings. The molecule has 0 saturated carbocycles. The van der Waals surface area contributed by atoms with Crippen LogP contribution in [0.4, 0.5) is 11.4 Å². The van der Waals surface area contributed by atoms with E-state index in [1.54, 1.807) is 30.2 Å². The van der Waals surface area contributed by atoms with Gasteiger partial charge < -0.3 is 10.6 Å². The maximum absolute atomic E-state index is 12.9. The van der Waals surface area contributed by atoms with Gasteiger partial charge in [0.25, 0.3) is 5.91 Å². The van der Waals surface area contributed by atoms with Crippen LogP contribution >= 0.6 is 0 Å². The number of nitrogens with one attached hydrogen (secondary N) is 2. The van der Waals surface area contributed by atoms with E-state index in [-0.39, 0.29) is 5.91 Å². The highest BCUT2D eigenvalue weighted by molar-refractivity contribution is 6.04. The zero-order valence-corrected chi connectivity index (χ0v) is 16.1. The molecule has 3 heterocycles. The summed E-state index contributed by atoms with van der Waals surface area (Å²) in [4.78, 5) is 21.7. The molecule has 0 atom stereocenters. The number of rotatable bonds is 5. The van der Waals surface area contributed by atoms with Crippen molar-refractivity contribution in [1.82, 2.24) is 19.7 Å². The normalized spacial score (nSPS) is 10.6. The Kier molecular flexibility index (Phi) is 5.03. The van der Waals surface area contributed by atoms with E-state index in [9.17, 15) is 4.79 Å². The van der Waals surface area contributed by atoms with Crippen molar-refractivity contribution < 1.29 is 4.79 Å². The van der Waals surface area contributed by atoms with Crippen LogP contribution in [-0.2, 0) is 7.05 Å². The summed E-state index contributed by atoms with van der Waals surface area (Å²) in [5.41, 5.74) is 4.85. The number of hydrogen-bond acceptors (Lipinski definition) is 5. The molecule has 0 spiro atoms. The number of aryl methyl sites for hydroxylation is 1. The molecule has 0 saturated heterocycles. The van der Waals surface area contributed by atoms with E-state index in [4.69, 9.17) is 0 Å². The largest absolute Gasteiger partial charge is 0.388 e. The molecule has 29 heavy (non-hydrogen) atoms. The van der Waals surface area contributed by atoms with Crippen molar-refractivity contribution in [1.29, 1.82) is 0 Å². The number of pyridine rings is 2. The minimum Gasteiger partial charge on any atom is -0.388 e. The summed E-state index contributed by atoms with van der Waals surface area (Å²) in [7, 11) is 3.67. The Morgan fingerprint density at radius 2 is 1.83 bits per heavy atom. The van der Waals surface area contributed by atoms with Crippen LogP contribution in [0, 0.1) is 0 Å². The fourth-order valence-electron chi connectivity index (χ4n) is 3.01. The van der Waals surface area contributed by atoms with Gasteiger partial charge in [0.1, 0.15) is 11.4 Å². The first-order chi connectivity index (χ1) is 14.1. The van der Waals surface area contributed by atoms with Gasteiger partial charge in [-0.05, 0) is 36.4 Å². The van der Waals surface area contributed by atoms with E-state index in [2.05, 4.69) is 25.7 Å². The fourth-order valence-corrected chi connectivity index (χ4v) is 3.01. The Morgan fingerprint density at radius 3 is 2.62 bits per heavy atom. The van der Waals surface area contributed by atoms with Gasteiger partial charge in [0.15, 0.2) is 0 Å². The van der Waals surface area contributed by atoms with E-state index >= 15 is 0 Å². The van der Waals surface area contributed by atoms with E-state index in [0.717, 1.165) is 16.9 Å². The van der Waals surface area contributed by atoms with Crippen molar-refractivity contribution in [2.75, 3.05) is 17.7 Å². The summed E-state index contributed by atoms with van der Waals surface area (Å²) < 4.78 is 1.65. The number of nitrogens with zero attached hydrogens (tertiary/aromatic N) is 4. The molecule has 2 N–H and O–H groups in total. The van der Waals surface area contributed by atoms with Crippen molar-refractivity contribution in [3.8, 4) is 22.6 Å². The highest BCUT2D eigenvalue weighted by atomic mass is 16.1. The van der Waals surface area contributed by atoms with Crippen molar-refractivity contribution in [2.45, 2.75) is 0 Å². The predicted molar refractivity (Wildman–Crippen MR) is 114 cm³/mol. The molecule has 0 radical (unpaired) electrons. The zero-order valence-electron chi connectivity index (χ0n) is 16.1. The minimum atomic E-state index is -0.304. The summed E-state index contributed by atoms with van der Waals surface area (Å²) in [6, 6.07) is 18.8.